The van der Waals surface area contributed by atoms with Gasteiger partial charge in [-0.2, -0.15) is 0 Å². The summed E-state index contributed by atoms with van der Waals surface area (Å²) in [7, 11) is 0. The maximum Gasteiger partial charge on any atom is 0.0477 e. The van der Waals surface area contributed by atoms with Crippen LogP contribution in [0.15, 0.2) is 0 Å². The average Bonchev–Trinajstić information content (AvgIpc) is 2.18. The molecule has 1 aliphatic rings. The summed E-state index contributed by atoms with van der Waals surface area (Å²) >= 11 is 0. The first-order valence-corrected chi connectivity index (χ1v) is 6.14. The molecule has 0 aromatic heterocycles. The van der Waals surface area contributed by atoms with Gasteiger partial charge in [-0.3, -0.25) is 0 Å². The highest BCUT2D eigenvalue weighted by Gasteiger charge is 2.17. The normalized spacial score (nSPS) is 27.9. The number of nitrogens with one attached hydrogen (secondary N) is 1. The Morgan fingerprint density at radius 3 is 2.93 bits per heavy atom. The molecule has 2 nitrogen and oxygen atoms in total. The van der Waals surface area contributed by atoms with Gasteiger partial charge in [0.2, 0.25) is 0 Å². The zero-order valence-corrected chi connectivity index (χ0v) is 9.72. The minimum absolute atomic E-state index is 0.778. The summed E-state index contributed by atoms with van der Waals surface area (Å²) in [5.41, 5.74) is 0. The fourth-order valence-corrected chi connectivity index (χ4v) is 2.24. The third kappa shape index (κ3) is 4.97. The third-order valence-corrected chi connectivity index (χ3v) is 3.04. The predicted molar refractivity (Wildman–Crippen MR) is 60.5 cm³/mol. The summed E-state index contributed by atoms with van der Waals surface area (Å²) in [5.74, 6) is 0.924. The van der Waals surface area contributed by atoms with Crippen molar-refractivity contribution in [1.82, 2.24) is 5.32 Å². The van der Waals surface area contributed by atoms with Crippen molar-refractivity contribution in [2.75, 3.05) is 19.8 Å². The van der Waals surface area contributed by atoms with Crippen LogP contribution < -0.4 is 5.32 Å². The van der Waals surface area contributed by atoms with Gasteiger partial charge in [-0.15, -0.1) is 0 Å². The Kier molecular flexibility index (Phi) is 6.20. The summed E-state index contributed by atoms with van der Waals surface area (Å²) < 4.78 is 5.30. The van der Waals surface area contributed by atoms with Crippen LogP contribution in [0.25, 0.3) is 0 Å². The predicted octanol–water partition coefficient (Wildman–Crippen LogP) is 2.58. The molecule has 1 fully saturated rings. The Balaban J connectivity index is 1.95. The topological polar surface area (TPSA) is 21.3 Å². The molecule has 0 spiro atoms. The van der Waals surface area contributed by atoms with Gasteiger partial charge in [0.05, 0.1) is 0 Å². The third-order valence-electron chi connectivity index (χ3n) is 3.04. The monoisotopic (exact) mass is 199 g/mol. The van der Waals surface area contributed by atoms with Gasteiger partial charge in [0.1, 0.15) is 0 Å². The Morgan fingerprint density at radius 1 is 1.36 bits per heavy atom. The molecule has 0 radical (unpaired) electrons. The maximum absolute atomic E-state index is 5.30. The highest BCUT2D eigenvalue weighted by Crippen LogP contribution is 2.23. The zero-order valence-electron chi connectivity index (χ0n) is 9.72. The second-order valence-electron chi connectivity index (χ2n) is 4.47. The minimum Gasteiger partial charge on any atom is -0.382 e. The average molecular weight is 199 g/mol. The molecule has 1 rings (SSSR count). The van der Waals surface area contributed by atoms with E-state index in [-0.39, 0.29) is 0 Å². The standard InChI is InChI=1S/C12H25NO/c1-3-14-9-5-8-13-12-7-4-6-11(2)10-12/h11-13H,3-10H2,1-2H3/t11-,12-/m0/s1. The molecule has 14 heavy (non-hydrogen) atoms. The van der Waals surface area contributed by atoms with Crippen LogP contribution >= 0.6 is 0 Å². The lowest BCUT2D eigenvalue weighted by Crippen LogP contribution is -2.34. The molecule has 1 saturated carbocycles. The minimum atomic E-state index is 0.778. The van der Waals surface area contributed by atoms with E-state index in [4.69, 9.17) is 4.74 Å². The van der Waals surface area contributed by atoms with Gasteiger partial charge in [0.15, 0.2) is 0 Å². The van der Waals surface area contributed by atoms with E-state index in [0.717, 1.165) is 38.1 Å². The molecule has 1 aliphatic carbocycles. The molecule has 0 heterocycles. The van der Waals surface area contributed by atoms with E-state index in [1.807, 2.05) is 0 Å². The highest BCUT2D eigenvalue weighted by molar-refractivity contribution is 4.75. The largest absolute Gasteiger partial charge is 0.382 e. The van der Waals surface area contributed by atoms with E-state index in [1.165, 1.54) is 25.7 Å². The van der Waals surface area contributed by atoms with Crippen LogP contribution in [-0.4, -0.2) is 25.8 Å². The number of ether oxygens (including phenoxy) is 1. The summed E-state index contributed by atoms with van der Waals surface area (Å²) in [6.07, 6.45) is 6.73. The van der Waals surface area contributed by atoms with Crippen molar-refractivity contribution in [3.8, 4) is 0 Å². The van der Waals surface area contributed by atoms with Crippen molar-refractivity contribution >= 4 is 0 Å². The van der Waals surface area contributed by atoms with Crippen LogP contribution in [0.1, 0.15) is 46.0 Å². The zero-order chi connectivity index (χ0) is 10.2. The molecular weight excluding hydrogens is 174 g/mol. The smallest absolute Gasteiger partial charge is 0.0477 e. The van der Waals surface area contributed by atoms with E-state index >= 15 is 0 Å². The molecule has 0 aromatic rings. The molecule has 0 aliphatic heterocycles. The van der Waals surface area contributed by atoms with Gasteiger partial charge < -0.3 is 10.1 Å². The van der Waals surface area contributed by atoms with Crippen LogP contribution in [0.4, 0.5) is 0 Å². The SMILES string of the molecule is CCOCCCN[C@H]1CCC[C@H](C)C1. The number of hydrogen-bond acceptors (Lipinski definition) is 2. The summed E-state index contributed by atoms with van der Waals surface area (Å²) in [5, 5.41) is 3.63. The summed E-state index contributed by atoms with van der Waals surface area (Å²) in [4.78, 5) is 0. The number of rotatable bonds is 6. The molecule has 0 unspecified atom stereocenters. The lowest BCUT2D eigenvalue weighted by molar-refractivity contribution is 0.143. The lowest BCUT2D eigenvalue weighted by atomic mass is 9.87. The summed E-state index contributed by atoms with van der Waals surface area (Å²) in [6, 6.07) is 0.778. The molecule has 0 bridgehead atoms. The molecule has 2 atom stereocenters. The van der Waals surface area contributed by atoms with Crippen molar-refractivity contribution in [1.29, 1.82) is 0 Å². The Labute approximate surface area is 88.4 Å². The van der Waals surface area contributed by atoms with E-state index in [2.05, 4.69) is 19.2 Å². The Morgan fingerprint density at radius 2 is 2.21 bits per heavy atom. The van der Waals surface area contributed by atoms with Crippen molar-refractivity contribution in [3.05, 3.63) is 0 Å². The van der Waals surface area contributed by atoms with Gasteiger partial charge in [0.25, 0.3) is 0 Å². The van der Waals surface area contributed by atoms with E-state index in [1.54, 1.807) is 0 Å². The van der Waals surface area contributed by atoms with Crippen molar-refractivity contribution in [3.63, 3.8) is 0 Å². The molecule has 0 aromatic carbocycles. The maximum atomic E-state index is 5.30. The Bertz CT molecular complexity index is 138. The van der Waals surface area contributed by atoms with E-state index in [9.17, 15) is 0 Å². The first-order valence-electron chi connectivity index (χ1n) is 6.14. The van der Waals surface area contributed by atoms with E-state index < -0.39 is 0 Å². The second-order valence-corrected chi connectivity index (χ2v) is 4.47. The van der Waals surface area contributed by atoms with Gasteiger partial charge >= 0.3 is 0 Å². The van der Waals surface area contributed by atoms with Gasteiger partial charge in [-0.25, -0.2) is 0 Å². The highest BCUT2D eigenvalue weighted by atomic mass is 16.5. The first kappa shape index (κ1) is 12.0. The molecule has 1 N–H and O–H groups in total. The van der Waals surface area contributed by atoms with Gasteiger partial charge in [-0.05, 0) is 38.6 Å². The van der Waals surface area contributed by atoms with Gasteiger partial charge in [-0.1, -0.05) is 19.8 Å². The molecule has 84 valence electrons. The quantitative estimate of drug-likeness (QED) is 0.664. The summed E-state index contributed by atoms with van der Waals surface area (Å²) in [6.45, 7) is 7.30. The van der Waals surface area contributed by atoms with Crippen molar-refractivity contribution < 1.29 is 4.74 Å². The fourth-order valence-electron chi connectivity index (χ4n) is 2.24. The lowest BCUT2D eigenvalue weighted by Gasteiger charge is -2.27. The number of hydrogen-bond donors (Lipinski definition) is 1. The van der Waals surface area contributed by atoms with Gasteiger partial charge in [0, 0.05) is 19.3 Å². The molecule has 0 saturated heterocycles. The van der Waals surface area contributed by atoms with E-state index in [0.29, 0.717) is 0 Å². The van der Waals surface area contributed by atoms with Crippen molar-refractivity contribution in [2.24, 2.45) is 5.92 Å². The molecule has 2 heteroatoms. The van der Waals surface area contributed by atoms with Crippen LogP contribution in [0.2, 0.25) is 0 Å². The molecular formula is C12H25NO. The van der Waals surface area contributed by atoms with Crippen LogP contribution in [0, 0.1) is 5.92 Å². The fraction of sp³-hybridized carbons (Fsp3) is 1.00. The van der Waals surface area contributed by atoms with Crippen LogP contribution in [-0.2, 0) is 4.74 Å². The van der Waals surface area contributed by atoms with Crippen molar-refractivity contribution in [2.45, 2.75) is 52.0 Å². The Hall–Kier alpha value is -0.0800. The first-order chi connectivity index (χ1) is 6.83. The van der Waals surface area contributed by atoms with Crippen LogP contribution in [0.5, 0.6) is 0 Å². The van der Waals surface area contributed by atoms with Crippen LogP contribution in [0.3, 0.4) is 0 Å². The second kappa shape index (κ2) is 7.24. The molecule has 0 amide bonds.